The fourth-order valence-electron chi connectivity index (χ4n) is 2.86. The third-order valence-electron chi connectivity index (χ3n) is 4.00. The van der Waals surface area contributed by atoms with Crippen molar-refractivity contribution in [2.24, 2.45) is 5.92 Å². The van der Waals surface area contributed by atoms with Crippen LogP contribution < -0.4 is 0 Å². The van der Waals surface area contributed by atoms with Gasteiger partial charge >= 0.3 is 0 Å². The van der Waals surface area contributed by atoms with Gasteiger partial charge in [-0.1, -0.05) is 52.4 Å². The maximum atomic E-state index is 5.90. The summed E-state index contributed by atoms with van der Waals surface area (Å²) < 4.78 is 11.8. The Morgan fingerprint density at radius 2 is 1.32 bits per heavy atom. The molecule has 0 amide bonds. The fraction of sp³-hybridized carbons (Fsp3) is 1.00. The minimum absolute atomic E-state index is 0.387. The van der Waals surface area contributed by atoms with E-state index in [2.05, 4.69) is 34.6 Å². The number of unbranched alkanes of at least 4 members (excludes halogenated alkanes) is 5. The van der Waals surface area contributed by atoms with Crippen LogP contribution in [0.3, 0.4) is 0 Å². The van der Waals surface area contributed by atoms with Crippen molar-refractivity contribution in [3.8, 4) is 0 Å². The molecular formula is C17H36O2. The van der Waals surface area contributed by atoms with Crippen LogP contribution in [0.2, 0.25) is 0 Å². The molecule has 0 rings (SSSR count). The van der Waals surface area contributed by atoms with Gasteiger partial charge in [0.2, 0.25) is 0 Å². The average Bonchev–Trinajstić information content (AvgIpc) is 2.38. The van der Waals surface area contributed by atoms with Gasteiger partial charge in [-0.25, -0.2) is 0 Å². The quantitative estimate of drug-likeness (QED) is 0.323. The van der Waals surface area contributed by atoms with E-state index >= 15 is 0 Å². The smallest absolute Gasteiger partial charge is 0.168 e. The molecule has 0 aliphatic rings. The van der Waals surface area contributed by atoms with Gasteiger partial charge in [-0.2, -0.15) is 0 Å². The summed E-state index contributed by atoms with van der Waals surface area (Å²) in [6.07, 6.45) is 10.5. The summed E-state index contributed by atoms with van der Waals surface area (Å²) in [6.45, 7) is 12.2. The predicted octanol–water partition coefficient (Wildman–Crippen LogP) is 5.55. The van der Waals surface area contributed by atoms with Gasteiger partial charge in [-0.15, -0.1) is 0 Å². The van der Waals surface area contributed by atoms with E-state index in [-0.39, 0.29) is 5.79 Å². The lowest BCUT2D eigenvalue weighted by molar-refractivity contribution is -0.253. The van der Waals surface area contributed by atoms with Gasteiger partial charge in [0.1, 0.15) is 0 Å². The second-order valence-electron chi connectivity index (χ2n) is 5.54. The van der Waals surface area contributed by atoms with Crippen LogP contribution in [-0.2, 0) is 9.47 Å². The lowest BCUT2D eigenvalue weighted by Gasteiger charge is -2.36. The highest BCUT2D eigenvalue weighted by Crippen LogP contribution is 2.31. The molecule has 0 aromatic rings. The van der Waals surface area contributed by atoms with Gasteiger partial charge < -0.3 is 9.47 Å². The van der Waals surface area contributed by atoms with Crippen LogP contribution in [0.1, 0.15) is 86.0 Å². The lowest BCUT2D eigenvalue weighted by atomic mass is 9.90. The molecule has 2 nitrogen and oxygen atoms in total. The maximum absolute atomic E-state index is 5.90. The molecule has 0 bridgehead atoms. The molecule has 0 radical (unpaired) electrons. The number of hydrogen-bond acceptors (Lipinski definition) is 2. The van der Waals surface area contributed by atoms with Crippen molar-refractivity contribution in [1.82, 2.24) is 0 Å². The van der Waals surface area contributed by atoms with E-state index in [0.717, 1.165) is 19.6 Å². The molecular weight excluding hydrogens is 236 g/mol. The van der Waals surface area contributed by atoms with Gasteiger partial charge in [0.05, 0.1) is 0 Å². The van der Waals surface area contributed by atoms with Crippen LogP contribution in [0.5, 0.6) is 0 Å². The summed E-state index contributed by atoms with van der Waals surface area (Å²) in [6, 6.07) is 0. The van der Waals surface area contributed by atoms with Crippen LogP contribution in [0.4, 0.5) is 0 Å². The van der Waals surface area contributed by atoms with Crippen molar-refractivity contribution in [3.05, 3.63) is 0 Å². The third kappa shape index (κ3) is 7.94. The monoisotopic (exact) mass is 272 g/mol. The maximum Gasteiger partial charge on any atom is 0.168 e. The number of ether oxygens (including phenoxy) is 2. The Balaban J connectivity index is 4.07. The second-order valence-corrected chi connectivity index (χ2v) is 5.54. The summed E-state index contributed by atoms with van der Waals surface area (Å²) in [5, 5.41) is 0. The van der Waals surface area contributed by atoms with Crippen molar-refractivity contribution in [1.29, 1.82) is 0 Å². The van der Waals surface area contributed by atoms with Crippen LogP contribution >= 0.6 is 0 Å². The van der Waals surface area contributed by atoms with Crippen molar-refractivity contribution in [3.63, 3.8) is 0 Å². The zero-order valence-electron chi connectivity index (χ0n) is 14.0. The van der Waals surface area contributed by atoms with E-state index in [1.165, 1.54) is 44.9 Å². The minimum atomic E-state index is -0.387. The van der Waals surface area contributed by atoms with Crippen molar-refractivity contribution < 1.29 is 9.47 Å². The van der Waals surface area contributed by atoms with E-state index in [1.807, 2.05) is 0 Å². The topological polar surface area (TPSA) is 18.5 Å². The van der Waals surface area contributed by atoms with Crippen LogP contribution in [-0.4, -0.2) is 19.0 Å². The summed E-state index contributed by atoms with van der Waals surface area (Å²) in [5.41, 5.74) is 0. The molecule has 0 saturated heterocycles. The van der Waals surface area contributed by atoms with Crippen LogP contribution in [0, 0.1) is 5.92 Å². The van der Waals surface area contributed by atoms with Gasteiger partial charge in [-0.05, 0) is 33.6 Å². The van der Waals surface area contributed by atoms with E-state index in [0.29, 0.717) is 5.92 Å². The van der Waals surface area contributed by atoms with Gasteiger partial charge in [0.15, 0.2) is 5.79 Å². The molecule has 0 saturated carbocycles. The Morgan fingerprint density at radius 1 is 0.789 bits per heavy atom. The highest BCUT2D eigenvalue weighted by Gasteiger charge is 2.33. The highest BCUT2D eigenvalue weighted by atomic mass is 16.7. The van der Waals surface area contributed by atoms with Crippen molar-refractivity contribution in [2.75, 3.05) is 13.2 Å². The zero-order valence-corrected chi connectivity index (χ0v) is 14.0. The Bertz CT molecular complexity index is 186. The normalized spacial score (nSPS) is 13.7. The van der Waals surface area contributed by atoms with E-state index in [9.17, 15) is 0 Å². The van der Waals surface area contributed by atoms with E-state index in [4.69, 9.17) is 9.47 Å². The standard InChI is InChI=1S/C17H36O2/c1-6-10-11-12-13-14-15-16(7-2)17(5,18-8-3)19-9-4/h16H,6-15H2,1-5H3. The molecule has 0 fully saturated rings. The first kappa shape index (κ1) is 18.9. The Labute approximate surface area is 121 Å². The van der Waals surface area contributed by atoms with E-state index < -0.39 is 0 Å². The molecule has 1 unspecified atom stereocenters. The highest BCUT2D eigenvalue weighted by molar-refractivity contribution is 4.74. The van der Waals surface area contributed by atoms with Gasteiger partial charge in [-0.3, -0.25) is 0 Å². The molecule has 0 aromatic heterocycles. The van der Waals surface area contributed by atoms with Crippen LogP contribution in [0.25, 0.3) is 0 Å². The lowest BCUT2D eigenvalue weighted by Crippen LogP contribution is -2.40. The Hall–Kier alpha value is -0.0800. The van der Waals surface area contributed by atoms with Crippen molar-refractivity contribution >= 4 is 0 Å². The average molecular weight is 272 g/mol. The van der Waals surface area contributed by atoms with Gasteiger partial charge in [0, 0.05) is 19.1 Å². The molecule has 19 heavy (non-hydrogen) atoms. The molecule has 2 heteroatoms. The first-order valence-electron chi connectivity index (χ1n) is 8.42. The molecule has 0 heterocycles. The first-order valence-corrected chi connectivity index (χ1v) is 8.42. The molecule has 1 atom stereocenters. The summed E-state index contributed by atoms with van der Waals surface area (Å²) in [4.78, 5) is 0. The number of rotatable bonds is 13. The summed E-state index contributed by atoms with van der Waals surface area (Å²) >= 11 is 0. The zero-order chi connectivity index (χ0) is 14.6. The largest absolute Gasteiger partial charge is 0.350 e. The molecule has 0 spiro atoms. The first-order chi connectivity index (χ1) is 9.14. The molecule has 0 aliphatic carbocycles. The minimum Gasteiger partial charge on any atom is -0.350 e. The third-order valence-corrected chi connectivity index (χ3v) is 4.00. The second kappa shape index (κ2) is 11.7. The summed E-state index contributed by atoms with van der Waals surface area (Å²) in [7, 11) is 0. The van der Waals surface area contributed by atoms with Gasteiger partial charge in [0.25, 0.3) is 0 Å². The van der Waals surface area contributed by atoms with E-state index in [1.54, 1.807) is 0 Å². The number of hydrogen-bond donors (Lipinski definition) is 0. The molecule has 0 aliphatic heterocycles. The molecule has 0 aromatic carbocycles. The Morgan fingerprint density at radius 3 is 1.79 bits per heavy atom. The predicted molar refractivity (Wildman–Crippen MR) is 83.4 cm³/mol. The summed E-state index contributed by atoms with van der Waals surface area (Å²) in [5.74, 6) is 0.125. The SMILES string of the molecule is CCCCCCCCC(CC)C(C)(OCC)OCC. The van der Waals surface area contributed by atoms with Crippen LogP contribution in [0.15, 0.2) is 0 Å². The molecule has 116 valence electrons. The Kier molecular flexibility index (Phi) is 11.7. The fourth-order valence-corrected chi connectivity index (χ4v) is 2.86. The molecule has 0 N–H and O–H groups in total. The van der Waals surface area contributed by atoms with Crippen molar-refractivity contribution in [2.45, 2.75) is 91.8 Å².